The molecule has 0 aliphatic carbocycles. The summed E-state index contributed by atoms with van der Waals surface area (Å²) in [6, 6.07) is 0. The lowest BCUT2D eigenvalue weighted by Crippen LogP contribution is -2.41. The number of aliphatic hydroxyl groups is 1. The van der Waals surface area contributed by atoms with E-state index in [1.165, 1.54) is 0 Å². The van der Waals surface area contributed by atoms with Crippen LogP contribution in [-0.2, 0) is 14.3 Å². The third-order valence-electron chi connectivity index (χ3n) is 1.67. The minimum atomic E-state index is -0.439. The number of oxime groups is 1. The van der Waals surface area contributed by atoms with Gasteiger partial charge in [-0.25, -0.2) is 0 Å². The second-order valence-corrected chi connectivity index (χ2v) is 2.38. The van der Waals surface area contributed by atoms with Crippen LogP contribution in [0.2, 0.25) is 0 Å². The van der Waals surface area contributed by atoms with Gasteiger partial charge in [0, 0.05) is 0 Å². The average molecular weight is 159 g/mol. The van der Waals surface area contributed by atoms with Crippen LogP contribution in [0.4, 0.5) is 0 Å². The van der Waals surface area contributed by atoms with E-state index in [-0.39, 0.29) is 12.7 Å². The summed E-state index contributed by atoms with van der Waals surface area (Å²) in [5.74, 6) is 0. The number of nitrogens with zero attached hydrogens (tertiary/aromatic N) is 1. The van der Waals surface area contributed by atoms with Crippen molar-refractivity contribution in [2.24, 2.45) is 5.16 Å². The Labute approximate surface area is 63.5 Å². The molecule has 2 unspecified atom stereocenters. The monoisotopic (exact) mass is 159 g/mol. The van der Waals surface area contributed by atoms with Crippen molar-refractivity contribution in [2.45, 2.75) is 12.4 Å². The van der Waals surface area contributed by atoms with Crippen molar-refractivity contribution >= 4 is 5.71 Å². The molecule has 2 heterocycles. The maximum absolute atomic E-state index is 8.76. The molecular formula is C6H9NO4. The van der Waals surface area contributed by atoms with E-state index in [0.29, 0.717) is 18.9 Å². The van der Waals surface area contributed by atoms with Gasteiger partial charge in [0.25, 0.3) is 6.29 Å². The Balaban J connectivity index is 2.05. The highest BCUT2D eigenvalue weighted by Gasteiger charge is 2.37. The van der Waals surface area contributed by atoms with Gasteiger partial charge in [-0.05, 0) is 0 Å². The van der Waals surface area contributed by atoms with E-state index in [1.807, 2.05) is 0 Å². The van der Waals surface area contributed by atoms with Crippen LogP contribution in [0.1, 0.15) is 0 Å². The molecule has 1 fully saturated rings. The Hall–Kier alpha value is -0.650. The van der Waals surface area contributed by atoms with Crippen LogP contribution >= 0.6 is 0 Å². The summed E-state index contributed by atoms with van der Waals surface area (Å²) in [4.78, 5) is 4.84. The Morgan fingerprint density at radius 2 is 2.27 bits per heavy atom. The summed E-state index contributed by atoms with van der Waals surface area (Å²) in [6.45, 7) is 0.920. The van der Waals surface area contributed by atoms with Crippen molar-refractivity contribution in [2.75, 3.05) is 19.8 Å². The van der Waals surface area contributed by atoms with Gasteiger partial charge in [0.2, 0.25) is 0 Å². The van der Waals surface area contributed by atoms with Gasteiger partial charge >= 0.3 is 0 Å². The van der Waals surface area contributed by atoms with Gasteiger partial charge in [0.15, 0.2) is 6.10 Å². The molecule has 2 atom stereocenters. The molecule has 0 bridgehead atoms. The molecule has 2 aliphatic rings. The largest absolute Gasteiger partial charge is 0.390 e. The van der Waals surface area contributed by atoms with E-state index in [0.717, 1.165) is 0 Å². The number of ether oxygens (including phenoxy) is 2. The highest BCUT2D eigenvalue weighted by atomic mass is 16.8. The molecule has 1 N–H and O–H groups in total. The quantitative estimate of drug-likeness (QED) is 0.539. The Morgan fingerprint density at radius 1 is 1.45 bits per heavy atom. The van der Waals surface area contributed by atoms with Crippen molar-refractivity contribution < 1.29 is 19.4 Å². The van der Waals surface area contributed by atoms with Gasteiger partial charge in [-0.2, -0.15) is 0 Å². The zero-order valence-corrected chi connectivity index (χ0v) is 5.90. The van der Waals surface area contributed by atoms with Crippen LogP contribution in [0, 0.1) is 0 Å². The van der Waals surface area contributed by atoms with Gasteiger partial charge in [0.05, 0.1) is 19.8 Å². The van der Waals surface area contributed by atoms with Crippen molar-refractivity contribution in [1.82, 2.24) is 0 Å². The lowest BCUT2D eigenvalue weighted by molar-refractivity contribution is -0.214. The molecule has 0 aromatic heterocycles. The standard InChI is InChI=1S/C6H9NO4/c8-3-4-5-6(11-7-4)10-2-1-9-5/h5-6,8H,1-3H2. The molecule has 0 spiro atoms. The summed E-state index contributed by atoms with van der Waals surface area (Å²) in [6.07, 6.45) is -0.736. The zero-order chi connectivity index (χ0) is 7.68. The third-order valence-corrected chi connectivity index (χ3v) is 1.67. The molecule has 2 rings (SSSR count). The fraction of sp³-hybridized carbons (Fsp3) is 0.833. The first-order valence-electron chi connectivity index (χ1n) is 3.48. The lowest BCUT2D eigenvalue weighted by Gasteiger charge is -2.23. The maximum atomic E-state index is 8.76. The van der Waals surface area contributed by atoms with Gasteiger partial charge < -0.3 is 19.4 Å². The molecule has 11 heavy (non-hydrogen) atoms. The highest BCUT2D eigenvalue weighted by Crippen LogP contribution is 2.19. The Morgan fingerprint density at radius 3 is 3.09 bits per heavy atom. The summed E-state index contributed by atoms with van der Waals surface area (Å²) >= 11 is 0. The molecule has 0 aromatic carbocycles. The molecule has 5 nitrogen and oxygen atoms in total. The number of rotatable bonds is 1. The summed E-state index contributed by atoms with van der Waals surface area (Å²) in [5.41, 5.74) is 0.509. The van der Waals surface area contributed by atoms with Crippen molar-refractivity contribution in [3.63, 3.8) is 0 Å². The minimum Gasteiger partial charge on any atom is -0.390 e. The number of hydrogen-bond acceptors (Lipinski definition) is 5. The molecule has 0 radical (unpaired) electrons. The molecule has 2 aliphatic heterocycles. The average Bonchev–Trinajstić information content (AvgIpc) is 2.47. The van der Waals surface area contributed by atoms with Gasteiger partial charge in [-0.3, -0.25) is 0 Å². The normalized spacial score (nSPS) is 35.9. The highest BCUT2D eigenvalue weighted by molar-refractivity contribution is 5.90. The molecule has 0 saturated carbocycles. The summed E-state index contributed by atoms with van der Waals surface area (Å²) in [5, 5.41) is 12.4. The van der Waals surface area contributed by atoms with Crippen LogP contribution < -0.4 is 0 Å². The van der Waals surface area contributed by atoms with E-state index in [1.54, 1.807) is 0 Å². The third kappa shape index (κ3) is 1.11. The van der Waals surface area contributed by atoms with E-state index in [2.05, 4.69) is 5.16 Å². The molecule has 1 saturated heterocycles. The Bertz CT molecular complexity index is 181. The molecule has 5 heteroatoms. The van der Waals surface area contributed by atoms with Crippen molar-refractivity contribution in [1.29, 1.82) is 0 Å². The second-order valence-electron chi connectivity index (χ2n) is 2.38. The van der Waals surface area contributed by atoms with Gasteiger partial charge in [-0.15, -0.1) is 0 Å². The molecule has 0 aromatic rings. The Kier molecular flexibility index (Phi) is 1.77. The molecule has 0 amide bonds. The van der Waals surface area contributed by atoms with Crippen LogP contribution in [0.25, 0.3) is 0 Å². The first-order chi connectivity index (χ1) is 5.42. The number of hydrogen-bond donors (Lipinski definition) is 1. The van der Waals surface area contributed by atoms with E-state index in [9.17, 15) is 0 Å². The molecular weight excluding hydrogens is 150 g/mol. The first kappa shape index (κ1) is 7.02. The van der Waals surface area contributed by atoms with Gasteiger partial charge in [-0.1, -0.05) is 5.16 Å². The SMILES string of the molecule is OCC1=NOC2OCCOC12. The fourth-order valence-electron chi connectivity index (χ4n) is 1.13. The van der Waals surface area contributed by atoms with Crippen molar-refractivity contribution in [3.8, 4) is 0 Å². The first-order valence-corrected chi connectivity index (χ1v) is 3.48. The summed E-state index contributed by atoms with van der Waals surface area (Å²) < 4.78 is 10.4. The van der Waals surface area contributed by atoms with Crippen LogP contribution in [0.15, 0.2) is 5.16 Å². The maximum Gasteiger partial charge on any atom is 0.259 e. The van der Waals surface area contributed by atoms with Crippen LogP contribution in [0.3, 0.4) is 0 Å². The van der Waals surface area contributed by atoms with Gasteiger partial charge in [0.1, 0.15) is 5.71 Å². The smallest absolute Gasteiger partial charge is 0.259 e. The number of fused-ring (bicyclic) bond motifs is 1. The summed E-state index contributed by atoms with van der Waals surface area (Å²) in [7, 11) is 0. The molecule has 62 valence electrons. The zero-order valence-electron chi connectivity index (χ0n) is 5.90. The predicted molar refractivity (Wildman–Crippen MR) is 35.1 cm³/mol. The van der Waals surface area contributed by atoms with E-state index >= 15 is 0 Å². The predicted octanol–water partition coefficient (Wildman–Crippen LogP) is -0.894. The minimum absolute atomic E-state index is 0.134. The van der Waals surface area contributed by atoms with E-state index in [4.69, 9.17) is 19.4 Å². The van der Waals surface area contributed by atoms with Crippen LogP contribution in [0.5, 0.6) is 0 Å². The topological polar surface area (TPSA) is 60.3 Å². The fourth-order valence-corrected chi connectivity index (χ4v) is 1.13. The van der Waals surface area contributed by atoms with Crippen LogP contribution in [-0.4, -0.2) is 43.0 Å². The van der Waals surface area contributed by atoms with E-state index < -0.39 is 6.29 Å². The second kappa shape index (κ2) is 2.77. The van der Waals surface area contributed by atoms with Crippen molar-refractivity contribution in [3.05, 3.63) is 0 Å². The lowest BCUT2D eigenvalue weighted by atomic mass is 10.2. The number of aliphatic hydroxyl groups excluding tert-OH is 1.